The average Bonchev–Trinajstić information content (AvgIpc) is 3.27. The third-order valence-electron chi connectivity index (χ3n) is 12.1. The largest absolute Gasteiger partial charge is 0.394 e. The number of nitrogens with one attached hydrogen (secondary N) is 1. The molecule has 9 nitrogen and oxygen atoms in total. The summed E-state index contributed by atoms with van der Waals surface area (Å²) in [6, 6.07) is -0.831. The Bertz CT molecular complexity index is 1110. The first-order valence-electron chi connectivity index (χ1n) is 25.9. The number of carbonyl (C=O) groups excluding carboxylic acids is 1. The van der Waals surface area contributed by atoms with E-state index in [1.807, 2.05) is 6.08 Å². The monoisotopic (exact) mass is 876 g/mol. The molecule has 0 aliphatic carbocycles. The van der Waals surface area contributed by atoms with Gasteiger partial charge in [-0.1, -0.05) is 204 Å². The third-order valence-corrected chi connectivity index (χ3v) is 12.1. The smallest absolute Gasteiger partial charge is 0.220 e. The highest BCUT2D eigenvalue weighted by atomic mass is 16.7. The Hall–Kier alpha value is -1.85. The summed E-state index contributed by atoms with van der Waals surface area (Å²) in [7, 11) is 0. The second-order valence-corrected chi connectivity index (χ2v) is 17.9. The molecule has 0 bridgehead atoms. The van der Waals surface area contributed by atoms with Gasteiger partial charge in [-0.15, -0.1) is 0 Å². The zero-order valence-corrected chi connectivity index (χ0v) is 39.9. The molecule has 0 aromatic heterocycles. The molecule has 7 atom stereocenters. The quantitative estimate of drug-likeness (QED) is 0.0262. The van der Waals surface area contributed by atoms with Crippen LogP contribution in [0.25, 0.3) is 0 Å². The van der Waals surface area contributed by atoms with Gasteiger partial charge in [0.1, 0.15) is 24.4 Å². The van der Waals surface area contributed by atoms with Crippen LogP contribution in [0.3, 0.4) is 0 Å². The molecule has 0 radical (unpaired) electrons. The average molecular weight is 876 g/mol. The van der Waals surface area contributed by atoms with E-state index < -0.39 is 49.5 Å². The molecular formula is C53H97NO8. The minimum Gasteiger partial charge on any atom is -0.394 e. The lowest BCUT2D eigenvalue weighted by molar-refractivity contribution is -0.302. The van der Waals surface area contributed by atoms with Gasteiger partial charge in [-0.2, -0.15) is 0 Å². The standard InChI is InChI=1S/C53H97NO8/c1-3-5-7-9-11-13-15-16-17-18-19-20-21-22-23-24-25-26-27-28-29-30-31-32-33-34-36-38-40-42-47(56)46(45-61-53-52(60)51(59)50(58)48(44-55)62-53)54-49(57)43-41-39-37-35-14-12-10-8-6-4-2/h8,10,29-30,33-34,40,42,46-48,50-53,55-56,58-60H,3-7,9,11-28,31-32,35-39,41,43-45H2,1-2H3,(H,54,57)/b10-8-,30-29+,34-33+,42-40+. The number of rotatable bonds is 43. The summed E-state index contributed by atoms with van der Waals surface area (Å²) >= 11 is 0. The molecule has 62 heavy (non-hydrogen) atoms. The van der Waals surface area contributed by atoms with Gasteiger partial charge in [-0.25, -0.2) is 0 Å². The summed E-state index contributed by atoms with van der Waals surface area (Å²) in [5, 5.41) is 54.1. The number of aliphatic hydroxyl groups is 5. The van der Waals surface area contributed by atoms with E-state index in [-0.39, 0.29) is 12.5 Å². The van der Waals surface area contributed by atoms with Gasteiger partial charge in [0.05, 0.1) is 25.4 Å². The summed E-state index contributed by atoms with van der Waals surface area (Å²) in [5.74, 6) is -0.204. The van der Waals surface area contributed by atoms with Crippen molar-refractivity contribution in [3.8, 4) is 0 Å². The number of ether oxygens (including phenoxy) is 2. The highest BCUT2D eigenvalue weighted by molar-refractivity contribution is 5.76. The normalized spacial score (nSPS) is 20.7. The predicted molar refractivity (Wildman–Crippen MR) is 258 cm³/mol. The van der Waals surface area contributed by atoms with E-state index >= 15 is 0 Å². The number of carbonyl (C=O) groups is 1. The van der Waals surface area contributed by atoms with Crippen molar-refractivity contribution in [2.75, 3.05) is 13.2 Å². The molecule has 6 N–H and O–H groups in total. The molecule has 0 aromatic rings. The molecule has 1 fully saturated rings. The lowest BCUT2D eigenvalue weighted by Gasteiger charge is -2.40. The molecule has 0 aromatic carbocycles. The van der Waals surface area contributed by atoms with E-state index in [0.29, 0.717) is 6.42 Å². The van der Waals surface area contributed by atoms with Crippen LogP contribution in [0.4, 0.5) is 0 Å². The fraction of sp³-hybridized carbons (Fsp3) is 0.830. The molecule has 0 spiro atoms. The fourth-order valence-electron chi connectivity index (χ4n) is 7.96. The Kier molecular flexibility index (Phi) is 40.4. The van der Waals surface area contributed by atoms with E-state index in [4.69, 9.17) is 9.47 Å². The SMILES string of the molecule is CCC/C=C\CCCCCCCC(=O)NC(COC1OC(CO)C(O)C(O)C1O)C(O)/C=C/CC/C=C/CC/C=C/CCCCCCCCCCCCCCCCCCCCC. The Morgan fingerprint density at radius 3 is 1.42 bits per heavy atom. The zero-order valence-electron chi connectivity index (χ0n) is 39.9. The first kappa shape index (κ1) is 58.2. The molecule has 1 saturated heterocycles. The van der Waals surface area contributed by atoms with Crippen molar-refractivity contribution < 1.29 is 39.8 Å². The highest BCUT2D eigenvalue weighted by Crippen LogP contribution is 2.23. The van der Waals surface area contributed by atoms with E-state index in [1.165, 1.54) is 135 Å². The van der Waals surface area contributed by atoms with Crippen molar-refractivity contribution in [2.24, 2.45) is 0 Å². The maximum Gasteiger partial charge on any atom is 0.220 e. The van der Waals surface area contributed by atoms with Gasteiger partial charge in [-0.3, -0.25) is 4.79 Å². The fourth-order valence-corrected chi connectivity index (χ4v) is 7.96. The summed E-state index contributed by atoms with van der Waals surface area (Å²) in [4.78, 5) is 12.9. The Morgan fingerprint density at radius 1 is 0.532 bits per heavy atom. The summed E-state index contributed by atoms with van der Waals surface area (Å²) < 4.78 is 11.2. The van der Waals surface area contributed by atoms with Crippen LogP contribution in [0.5, 0.6) is 0 Å². The summed E-state index contributed by atoms with van der Waals surface area (Å²) in [6.07, 6.45) is 49.1. The summed E-state index contributed by atoms with van der Waals surface area (Å²) in [6.45, 7) is 3.68. The minimum atomic E-state index is -1.58. The minimum absolute atomic E-state index is 0.204. The number of hydrogen-bond acceptors (Lipinski definition) is 8. The van der Waals surface area contributed by atoms with Crippen LogP contribution < -0.4 is 5.32 Å². The Morgan fingerprint density at radius 2 is 0.952 bits per heavy atom. The van der Waals surface area contributed by atoms with Gasteiger partial charge in [0.25, 0.3) is 0 Å². The molecule has 1 heterocycles. The van der Waals surface area contributed by atoms with Crippen molar-refractivity contribution in [2.45, 2.75) is 269 Å². The summed E-state index contributed by atoms with van der Waals surface area (Å²) in [5.41, 5.74) is 0. The molecule has 1 amide bonds. The number of hydrogen-bond donors (Lipinski definition) is 6. The Balaban J connectivity index is 2.23. The first-order chi connectivity index (χ1) is 30.3. The van der Waals surface area contributed by atoms with E-state index in [1.54, 1.807) is 6.08 Å². The second-order valence-electron chi connectivity index (χ2n) is 17.9. The van der Waals surface area contributed by atoms with Gasteiger partial charge in [0.15, 0.2) is 6.29 Å². The molecular weight excluding hydrogens is 779 g/mol. The third kappa shape index (κ3) is 32.8. The maximum atomic E-state index is 12.9. The van der Waals surface area contributed by atoms with Crippen molar-refractivity contribution in [1.82, 2.24) is 5.32 Å². The van der Waals surface area contributed by atoms with Gasteiger partial charge in [0, 0.05) is 6.42 Å². The molecule has 0 saturated carbocycles. The predicted octanol–water partition coefficient (Wildman–Crippen LogP) is 11.8. The molecule has 1 rings (SSSR count). The number of amides is 1. The lowest BCUT2D eigenvalue weighted by atomic mass is 9.99. The number of unbranched alkanes of at least 4 members (excludes halogenated alkanes) is 27. The van der Waals surface area contributed by atoms with Crippen molar-refractivity contribution >= 4 is 5.91 Å². The molecule has 1 aliphatic rings. The molecule has 362 valence electrons. The number of allylic oxidation sites excluding steroid dienone is 7. The first-order valence-corrected chi connectivity index (χ1v) is 25.9. The van der Waals surface area contributed by atoms with E-state index in [9.17, 15) is 30.3 Å². The van der Waals surface area contributed by atoms with E-state index in [0.717, 1.165) is 70.6 Å². The maximum absolute atomic E-state index is 12.9. The van der Waals surface area contributed by atoms with Crippen molar-refractivity contribution in [3.63, 3.8) is 0 Å². The lowest BCUT2D eigenvalue weighted by Crippen LogP contribution is -2.60. The van der Waals surface area contributed by atoms with Gasteiger partial charge >= 0.3 is 0 Å². The van der Waals surface area contributed by atoms with Crippen molar-refractivity contribution in [1.29, 1.82) is 0 Å². The van der Waals surface area contributed by atoms with Gasteiger partial charge < -0.3 is 40.3 Å². The molecule has 1 aliphatic heterocycles. The van der Waals surface area contributed by atoms with Gasteiger partial charge in [0.2, 0.25) is 5.91 Å². The van der Waals surface area contributed by atoms with Crippen LogP contribution in [-0.2, 0) is 14.3 Å². The zero-order chi connectivity index (χ0) is 45.1. The van der Waals surface area contributed by atoms with Crippen LogP contribution >= 0.6 is 0 Å². The number of aliphatic hydroxyl groups excluding tert-OH is 5. The van der Waals surface area contributed by atoms with Crippen molar-refractivity contribution in [3.05, 3.63) is 48.6 Å². The van der Waals surface area contributed by atoms with Crippen LogP contribution in [0, 0.1) is 0 Å². The van der Waals surface area contributed by atoms with Crippen LogP contribution in [-0.4, -0.2) is 87.5 Å². The molecule has 7 unspecified atom stereocenters. The second kappa shape index (κ2) is 43.1. The van der Waals surface area contributed by atoms with Crippen LogP contribution in [0.15, 0.2) is 48.6 Å². The Labute approximate surface area is 380 Å². The van der Waals surface area contributed by atoms with E-state index in [2.05, 4.69) is 55.6 Å². The molecule has 9 heteroatoms. The highest BCUT2D eigenvalue weighted by Gasteiger charge is 2.44. The van der Waals surface area contributed by atoms with Crippen LogP contribution in [0.1, 0.15) is 226 Å². The van der Waals surface area contributed by atoms with Gasteiger partial charge in [-0.05, 0) is 64.2 Å². The topological polar surface area (TPSA) is 149 Å². The van der Waals surface area contributed by atoms with Crippen LogP contribution in [0.2, 0.25) is 0 Å².